The molecular weight excluding hydrogens is 260 g/mol. The van der Waals surface area contributed by atoms with Crippen molar-refractivity contribution in [3.8, 4) is 0 Å². The zero-order valence-corrected chi connectivity index (χ0v) is 11.5. The van der Waals surface area contributed by atoms with Crippen molar-refractivity contribution < 1.29 is 5.11 Å². The minimum Gasteiger partial charge on any atom is -0.396 e. The monoisotopic (exact) mass is 278 g/mol. The van der Waals surface area contributed by atoms with Gasteiger partial charge in [-0.25, -0.2) is 9.97 Å². The van der Waals surface area contributed by atoms with Crippen LogP contribution >= 0.6 is 11.8 Å². The van der Waals surface area contributed by atoms with E-state index in [0.717, 1.165) is 35.5 Å². The van der Waals surface area contributed by atoms with Crippen LogP contribution in [0.5, 0.6) is 0 Å². The van der Waals surface area contributed by atoms with Crippen LogP contribution < -0.4 is 11.1 Å². The lowest BCUT2D eigenvalue weighted by atomic mass is 10.3. The van der Waals surface area contributed by atoms with Gasteiger partial charge in [0.1, 0.15) is 0 Å². The van der Waals surface area contributed by atoms with Gasteiger partial charge in [-0.15, -0.1) is 0 Å². The Labute approximate surface area is 116 Å². The highest BCUT2D eigenvalue weighted by atomic mass is 32.2. The summed E-state index contributed by atoms with van der Waals surface area (Å²) in [5.74, 6) is 2.99. The molecule has 0 aliphatic carbocycles. The maximum absolute atomic E-state index is 8.67. The number of hydrogen-bond acceptors (Lipinski definition) is 6. The van der Waals surface area contributed by atoms with Gasteiger partial charge < -0.3 is 16.2 Å². The number of para-hydroxylation sites is 2. The van der Waals surface area contributed by atoms with Gasteiger partial charge in [0.2, 0.25) is 0 Å². The molecule has 0 unspecified atom stereocenters. The van der Waals surface area contributed by atoms with Gasteiger partial charge >= 0.3 is 0 Å². The molecule has 102 valence electrons. The Morgan fingerprint density at radius 3 is 2.63 bits per heavy atom. The second-order valence-corrected chi connectivity index (χ2v) is 5.29. The fraction of sp³-hybridized carbons (Fsp3) is 0.385. The van der Waals surface area contributed by atoms with E-state index in [9.17, 15) is 0 Å². The third-order valence-electron chi connectivity index (χ3n) is 2.58. The first-order chi connectivity index (χ1) is 9.31. The first-order valence-corrected chi connectivity index (χ1v) is 7.41. The van der Waals surface area contributed by atoms with Crippen molar-refractivity contribution in [1.29, 1.82) is 0 Å². The van der Waals surface area contributed by atoms with Crippen LogP contribution in [-0.2, 0) is 0 Å². The number of hydrogen-bond donors (Lipinski definition) is 3. The average molecular weight is 278 g/mol. The molecule has 0 atom stereocenters. The first-order valence-electron chi connectivity index (χ1n) is 6.26. The molecular formula is C13H18N4OS. The van der Waals surface area contributed by atoms with Gasteiger partial charge in [-0.3, -0.25) is 0 Å². The molecule has 0 aliphatic heterocycles. The van der Waals surface area contributed by atoms with Gasteiger partial charge in [0.05, 0.1) is 11.0 Å². The molecule has 1 heterocycles. The second kappa shape index (κ2) is 7.16. The maximum atomic E-state index is 8.67. The summed E-state index contributed by atoms with van der Waals surface area (Å²) in [4.78, 5) is 8.78. The SMILES string of the molecule is Nc1nc2ccccc2nc1NCCSCCCO. The molecule has 0 amide bonds. The summed E-state index contributed by atoms with van der Waals surface area (Å²) in [7, 11) is 0. The Morgan fingerprint density at radius 2 is 1.89 bits per heavy atom. The van der Waals surface area contributed by atoms with Crippen LogP contribution in [0.2, 0.25) is 0 Å². The smallest absolute Gasteiger partial charge is 0.169 e. The van der Waals surface area contributed by atoms with E-state index in [4.69, 9.17) is 10.8 Å². The molecule has 0 aliphatic rings. The standard InChI is InChI=1S/C13H18N4OS/c14-12-13(15-6-9-19-8-3-7-18)17-11-5-2-1-4-10(11)16-12/h1-2,4-5,18H,3,6-9H2,(H2,14,16)(H,15,17). The fourth-order valence-corrected chi connectivity index (χ4v) is 2.44. The predicted molar refractivity (Wildman–Crippen MR) is 81.5 cm³/mol. The molecule has 6 heteroatoms. The molecule has 1 aromatic carbocycles. The summed E-state index contributed by atoms with van der Waals surface area (Å²) in [6, 6.07) is 7.67. The summed E-state index contributed by atoms with van der Waals surface area (Å²) in [6.07, 6.45) is 0.836. The highest BCUT2D eigenvalue weighted by molar-refractivity contribution is 7.99. The van der Waals surface area contributed by atoms with E-state index >= 15 is 0 Å². The number of benzene rings is 1. The lowest BCUT2D eigenvalue weighted by Crippen LogP contribution is -2.09. The number of aliphatic hydroxyl groups excluding tert-OH is 1. The van der Waals surface area contributed by atoms with E-state index in [1.165, 1.54) is 0 Å². The minimum absolute atomic E-state index is 0.253. The van der Waals surface area contributed by atoms with Crippen LogP contribution in [0.4, 0.5) is 11.6 Å². The number of aliphatic hydroxyl groups is 1. The van der Waals surface area contributed by atoms with E-state index < -0.39 is 0 Å². The van der Waals surface area contributed by atoms with E-state index in [-0.39, 0.29) is 6.61 Å². The lowest BCUT2D eigenvalue weighted by Gasteiger charge is -2.08. The van der Waals surface area contributed by atoms with Crippen molar-refractivity contribution in [1.82, 2.24) is 9.97 Å². The molecule has 0 saturated heterocycles. The number of fused-ring (bicyclic) bond motifs is 1. The number of nitrogens with two attached hydrogens (primary N) is 1. The third-order valence-corrected chi connectivity index (χ3v) is 3.65. The summed E-state index contributed by atoms with van der Waals surface area (Å²) >= 11 is 1.80. The molecule has 0 spiro atoms. The van der Waals surface area contributed by atoms with Gasteiger partial charge in [-0.1, -0.05) is 12.1 Å². The third kappa shape index (κ3) is 3.97. The molecule has 4 N–H and O–H groups in total. The molecule has 19 heavy (non-hydrogen) atoms. The van der Waals surface area contributed by atoms with Gasteiger partial charge in [-0.05, 0) is 24.3 Å². The highest BCUT2D eigenvalue weighted by Crippen LogP contribution is 2.18. The zero-order valence-electron chi connectivity index (χ0n) is 10.7. The normalized spacial score (nSPS) is 10.8. The molecule has 0 bridgehead atoms. The maximum Gasteiger partial charge on any atom is 0.169 e. The largest absolute Gasteiger partial charge is 0.396 e. The number of thioether (sulfide) groups is 1. The van der Waals surface area contributed by atoms with E-state index in [1.807, 2.05) is 24.3 Å². The van der Waals surface area contributed by atoms with Crippen molar-refractivity contribution in [2.24, 2.45) is 0 Å². The molecule has 5 nitrogen and oxygen atoms in total. The summed E-state index contributed by atoms with van der Waals surface area (Å²) in [5.41, 5.74) is 7.52. The summed E-state index contributed by atoms with van der Waals surface area (Å²) in [6.45, 7) is 1.04. The van der Waals surface area contributed by atoms with Crippen LogP contribution in [0.25, 0.3) is 11.0 Å². The van der Waals surface area contributed by atoms with Crippen molar-refractivity contribution in [3.63, 3.8) is 0 Å². The van der Waals surface area contributed by atoms with Crippen LogP contribution in [0.15, 0.2) is 24.3 Å². The Hall–Kier alpha value is -1.53. The van der Waals surface area contributed by atoms with Crippen LogP contribution in [-0.4, -0.2) is 39.7 Å². The van der Waals surface area contributed by atoms with E-state index in [1.54, 1.807) is 11.8 Å². The number of aromatic nitrogens is 2. The highest BCUT2D eigenvalue weighted by Gasteiger charge is 2.04. The van der Waals surface area contributed by atoms with E-state index in [2.05, 4.69) is 15.3 Å². The number of anilines is 2. The Bertz CT molecular complexity index is 535. The fourth-order valence-electron chi connectivity index (χ4n) is 1.65. The van der Waals surface area contributed by atoms with Gasteiger partial charge in [0, 0.05) is 18.9 Å². The quantitative estimate of drug-likeness (QED) is 0.669. The van der Waals surface area contributed by atoms with Crippen molar-refractivity contribution >= 4 is 34.4 Å². The zero-order chi connectivity index (χ0) is 13.5. The Kier molecular flexibility index (Phi) is 5.23. The lowest BCUT2D eigenvalue weighted by molar-refractivity contribution is 0.296. The van der Waals surface area contributed by atoms with Crippen molar-refractivity contribution in [2.45, 2.75) is 6.42 Å². The average Bonchev–Trinajstić information content (AvgIpc) is 2.43. The van der Waals surface area contributed by atoms with Crippen LogP contribution in [0.1, 0.15) is 6.42 Å². The molecule has 2 rings (SSSR count). The summed E-state index contributed by atoms with van der Waals surface area (Å²) < 4.78 is 0. The number of nitrogens with one attached hydrogen (secondary N) is 1. The Morgan fingerprint density at radius 1 is 1.16 bits per heavy atom. The van der Waals surface area contributed by atoms with Gasteiger partial charge in [0.15, 0.2) is 11.6 Å². The first kappa shape index (κ1) is 13.9. The topological polar surface area (TPSA) is 84.1 Å². The van der Waals surface area contributed by atoms with Gasteiger partial charge in [0.25, 0.3) is 0 Å². The number of nitrogens with zero attached hydrogens (tertiary/aromatic N) is 2. The van der Waals surface area contributed by atoms with Gasteiger partial charge in [-0.2, -0.15) is 11.8 Å². The summed E-state index contributed by atoms with van der Waals surface area (Å²) in [5, 5.41) is 11.9. The molecule has 0 fully saturated rings. The van der Waals surface area contributed by atoms with Crippen LogP contribution in [0.3, 0.4) is 0 Å². The molecule has 2 aromatic rings. The van der Waals surface area contributed by atoms with Crippen LogP contribution in [0, 0.1) is 0 Å². The number of nitrogen functional groups attached to an aromatic ring is 1. The minimum atomic E-state index is 0.253. The predicted octanol–water partition coefficient (Wildman–Crippen LogP) is 1.74. The van der Waals surface area contributed by atoms with Crippen molar-refractivity contribution in [2.75, 3.05) is 35.7 Å². The second-order valence-electron chi connectivity index (χ2n) is 4.06. The Balaban J connectivity index is 1.91. The molecule has 0 radical (unpaired) electrons. The molecule has 1 aromatic heterocycles. The molecule has 0 saturated carbocycles. The van der Waals surface area contributed by atoms with E-state index in [0.29, 0.717) is 11.6 Å². The van der Waals surface area contributed by atoms with Crippen molar-refractivity contribution in [3.05, 3.63) is 24.3 Å². The number of rotatable bonds is 7.